The molecule has 0 atom stereocenters. The number of rotatable bonds is 4. The first-order valence-electron chi connectivity index (χ1n) is 5.65. The van der Waals surface area contributed by atoms with Gasteiger partial charge < -0.3 is 15.2 Å². The Morgan fingerprint density at radius 2 is 1.72 bits per heavy atom. The number of pyridine rings is 1. The fourth-order valence-corrected chi connectivity index (χ4v) is 1.75. The summed E-state index contributed by atoms with van der Waals surface area (Å²) < 4.78 is 10.4. The predicted octanol–water partition coefficient (Wildman–Crippen LogP) is 2.27. The zero-order valence-electron chi connectivity index (χ0n) is 10.5. The van der Waals surface area contributed by atoms with E-state index < -0.39 is 0 Å². The highest BCUT2D eigenvalue weighted by Crippen LogP contribution is 2.21. The van der Waals surface area contributed by atoms with Gasteiger partial charge in [-0.2, -0.15) is 0 Å². The smallest absolute Gasteiger partial charge is 0.140 e. The average molecular weight is 244 g/mol. The van der Waals surface area contributed by atoms with Gasteiger partial charge in [-0.1, -0.05) is 12.1 Å². The third-order valence-electron chi connectivity index (χ3n) is 2.70. The van der Waals surface area contributed by atoms with E-state index in [1.54, 1.807) is 20.3 Å². The number of ether oxygens (including phenoxy) is 2. The van der Waals surface area contributed by atoms with Crippen LogP contribution in [-0.2, 0) is 6.42 Å². The second-order valence-corrected chi connectivity index (χ2v) is 3.91. The number of nitrogens with two attached hydrogens (primary N) is 1. The van der Waals surface area contributed by atoms with Crippen LogP contribution >= 0.6 is 0 Å². The van der Waals surface area contributed by atoms with Gasteiger partial charge in [-0.25, -0.2) is 4.98 Å². The molecule has 2 N–H and O–H groups in total. The fraction of sp³-hybridized carbons (Fsp3) is 0.214. The van der Waals surface area contributed by atoms with Crippen LogP contribution in [0.15, 0.2) is 36.4 Å². The summed E-state index contributed by atoms with van der Waals surface area (Å²) in [6.07, 6.45) is 0.679. The molecule has 1 aromatic carbocycles. The van der Waals surface area contributed by atoms with E-state index >= 15 is 0 Å². The van der Waals surface area contributed by atoms with Crippen LogP contribution < -0.4 is 15.2 Å². The maximum absolute atomic E-state index is 5.69. The first kappa shape index (κ1) is 12.2. The highest BCUT2D eigenvalue weighted by molar-refractivity contribution is 5.41. The molecule has 0 aliphatic rings. The van der Waals surface area contributed by atoms with Gasteiger partial charge in [-0.05, 0) is 29.8 Å². The van der Waals surface area contributed by atoms with Gasteiger partial charge >= 0.3 is 0 Å². The number of nitrogen functional groups attached to an aromatic ring is 1. The fourth-order valence-electron chi connectivity index (χ4n) is 1.75. The molecule has 0 bridgehead atoms. The Morgan fingerprint density at radius 1 is 1.00 bits per heavy atom. The lowest BCUT2D eigenvalue weighted by Crippen LogP contribution is -2.00. The number of methoxy groups -OCH3 is 2. The largest absolute Gasteiger partial charge is 0.497 e. The summed E-state index contributed by atoms with van der Waals surface area (Å²) in [6, 6.07) is 11.4. The van der Waals surface area contributed by atoms with Crippen LogP contribution in [0.4, 0.5) is 5.82 Å². The van der Waals surface area contributed by atoms with Crippen molar-refractivity contribution in [2.75, 3.05) is 20.0 Å². The molecular weight excluding hydrogens is 228 g/mol. The molecule has 0 aliphatic carbocycles. The van der Waals surface area contributed by atoms with Crippen LogP contribution in [0.3, 0.4) is 0 Å². The lowest BCUT2D eigenvalue weighted by atomic mass is 10.1. The molecule has 0 unspecified atom stereocenters. The molecule has 0 radical (unpaired) electrons. The molecule has 1 aromatic heterocycles. The number of hydrogen-bond acceptors (Lipinski definition) is 4. The Morgan fingerprint density at radius 3 is 2.33 bits per heavy atom. The number of aromatic nitrogens is 1. The molecule has 2 aromatic rings. The van der Waals surface area contributed by atoms with Crippen molar-refractivity contribution in [1.29, 1.82) is 0 Å². The molecule has 2 rings (SSSR count). The Labute approximate surface area is 106 Å². The van der Waals surface area contributed by atoms with Crippen molar-refractivity contribution in [3.05, 3.63) is 47.7 Å². The molecule has 0 saturated carbocycles. The Balaban J connectivity index is 2.24. The highest BCUT2D eigenvalue weighted by atomic mass is 16.5. The summed E-state index contributed by atoms with van der Waals surface area (Å²) in [5.41, 5.74) is 7.66. The van der Waals surface area contributed by atoms with Gasteiger partial charge in [-0.3, -0.25) is 0 Å². The van der Waals surface area contributed by atoms with Gasteiger partial charge in [0.2, 0.25) is 0 Å². The molecule has 4 heteroatoms. The molecule has 0 spiro atoms. The Kier molecular flexibility index (Phi) is 3.67. The van der Waals surface area contributed by atoms with E-state index in [-0.39, 0.29) is 0 Å². The molecule has 1 heterocycles. The molecule has 4 nitrogen and oxygen atoms in total. The minimum absolute atomic E-state index is 0.499. The molecule has 0 saturated heterocycles. The van der Waals surface area contributed by atoms with Gasteiger partial charge in [0.05, 0.1) is 19.9 Å². The Hall–Kier alpha value is -2.23. The summed E-state index contributed by atoms with van der Waals surface area (Å²) in [5, 5.41) is 0. The zero-order valence-corrected chi connectivity index (χ0v) is 10.5. The van der Waals surface area contributed by atoms with Crippen LogP contribution in [0.2, 0.25) is 0 Å². The van der Waals surface area contributed by atoms with E-state index in [2.05, 4.69) is 4.98 Å². The monoisotopic (exact) mass is 244 g/mol. The van der Waals surface area contributed by atoms with Crippen molar-refractivity contribution in [2.24, 2.45) is 0 Å². The summed E-state index contributed by atoms with van der Waals surface area (Å²) in [6.45, 7) is 0. The predicted molar refractivity (Wildman–Crippen MR) is 71.0 cm³/mol. The first-order valence-corrected chi connectivity index (χ1v) is 5.65. The molecule has 94 valence electrons. The van der Waals surface area contributed by atoms with E-state index in [9.17, 15) is 0 Å². The van der Waals surface area contributed by atoms with Crippen molar-refractivity contribution in [3.8, 4) is 11.5 Å². The highest BCUT2D eigenvalue weighted by Gasteiger charge is 2.06. The maximum Gasteiger partial charge on any atom is 0.140 e. The summed E-state index contributed by atoms with van der Waals surface area (Å²) in [5.74, 6) is 2.09. The second kappa shape index (κ2) is 5.40. The zero-order chi connectivity index (χ0) is 13.0. The SMILES string of the molecule is COc1ccc(Cc2nc(N)ccc2OC)cc1. The molecule has 0 fully saturated rings. The normalized spacial score (nSPS) is 10.1. The summed E-state index contributed by atoms with van der Waals surface area (Å²) in [4.78, 5) is 4.30. The third kappa shape index (κ3) is 2.71. The second-order valence-electron chi connectivity index (χ2n) is 3.91. The number of benzene rings is 1. The van der Waals surface area contributed by atoms with Crippen molar-refractivity contribution < 1.29 is 9.47 Å². The van der Waals surface area contributed by atoms with Crippen molar-refractivity contribution in [3.63, 3.8) is 0 Å². The van der Waals surface area contributed by atoms with Gasteiger partial charge in [0.25, 0.3) is 0 Å². The molecule has 18 heavy (non-hydrogen) atoms. The van der Waals surface area contributed by atoms with E-state index in [0.29, 0.717) is 12.2 Å². The topological polar surface area (TPSA) is 57.4 Å². The van der Waals surface area contributed by atoms with Gasteiger partial charge in [0.15, 0.2) is 0 Å². The number of anilines is 1. The van der Waals surface area contributed by atoms with E-state index in [4.69, 9.17) is 15.2 Å². The van der Waals surface area contributed by atoms with Crippen molar-refractivity contribution >= 4 is 5.82 Å². The summed E-state index contributed by atoms with van der Waals surface area (Å²) >= 11 is 0. The average Bonchev–Trinajstić information content (AvgIpc) is 2.40. The first-order chi connectivity index (χ1) is 8.72. The standard InChI is InChI=1S/C14H16N2O2/c1-17-11-5-3-10(4-6-11)9-12-13(18-2)7-8-14(15)16-12/h3-8H,9H2,1-2H3,(H2,15,16). The van der Waals surface area contributed by atoms with Gasteiger partial charge in [0.1, 0.15) is 17.3 Å². The lowest BCUT2D eigenvalue weighted by molar-refractivity contribution is 0.408. The number of hydrogen-bond donors (Lipinski definition) is 1. The van der Waals surface area contributed by atoms with Crippen LogP contribution in [0, 0.1) is 0 Å². The van der Waals surface area contributed by atoms with Gasteiger partial charge in [0, 0.05) is 6.42 Å². The van der Waals surface area contributed by atoms with Crippen molar-refractivity contribution in [1.82, 2.24) is 4.98 Å². The van der Waals surface area contributed by atoms with Crippen LogP contribution in [0.25, 0.3) is 0 Å². The third-order valence-corrected chi connectivity index (χ3v) is 2.70. The Bertz CT molecular complexity index is 524. The summed E-state index contributed by atoms with van der Waals surface area (Å²) in [7, 11) is 3.28. The number of nitrogens with zero attached hydrogens (tertiary/aromatic N) is 1. The van der Waals surface area contributed by atoms with Crippen LogP contribution in [0.5, 0.6) is 11.5 Å². The minimum Gasteiger partial charge on any atom is -0.497 e. The maximum atomic E-state index is 5.69. The van der Waals surface area contributed by atoms with E-state index in [0.717, 1.165) is 22.8 Å². The van der Waals surface area contributed by atoms with Crippen LogP contribution in [-0.4, -0.2) is 19.2 Å². The van der Waals surface area contributed by atoms with E-state index in [1.165, 1.54) is 0 Å². The van der Waals surface area contributed by atoms with Crippen molar-refractivity contribution in [2.45, 2.75) is 6.42 Å². The molecule has 0 aliphatic heterocycles. The van der Waals surface area contributed by atoms with E-state index in [1.807, 2.05) is 30.3 Å². The van der Waals surface area contributed by atoms with Gasteiger partial charge in [-0.15, -0.1) is 0 Å². The molecule has 0 amide bonds. The molecular formula is C14H16N2O2. The van der Waals surface area contributed by atoms with Crippen LogP contribution in [0.1, 0.15) is 11.3 Å². The quantitative estimate of drug-likeness (QED) is 0.896. The lowest BCUT2D eigenvalue weighted by Gasteiger charge is -2.08. The minimum atomic E-state index is 0.499.